The van der Waals surface area contributed by atoms with Crippen molar-refractivity contribution in [1.82, 2.24) is 14.8 Å². The van der Waals surface area contributed by atoms with Crippen LogP contribution in [0.1, 0.15) is 47.1 Å². The fourth-order valence-electron chi connectivity index (χ4n) is 2.91. The van der Waals surface area contributed by atoms with Gasteiger partial charge in [0.25, 0.3) is 0 Å². The zero-order valence-electron chi connectivity index (χ0n) is 16.7. The van der Waals surface area contributed by atoms with Gasteiger partial charge in [0.2, 0.25) is 17.6 Å². The van der Waals surface area contributed by atoms with E-state index in [4.69, 9.17) is 17.3 Å². The minimum absolute atomic E-state index is 0.0154. The number of nitrogen functional groups attached to an aromatic ring is 1. The number of nitrogens with zero attached hydrogens (tertiary/aromatic N) is 4. The van der Waals surface area contributed by atoms with Gasteiger partial charge in [0, 0.05) is 11.1 Å². The number of nitriles is 1. The molecule has 0 atom stereocenters. The number of amides is 1. The standard InChI is InChI=1S/C21H18ClFN6O2/c1-11(2)29-21(25)16(9-24)18(28-29)19(31)15-8-14(10-26-20(15)23)27-17(30)7-12-3-5-13(22)6-4-12/h3-6,8,10-11H,7,25H2,1-2H3,(H,27,30). The van der Waals surface area contributed by atoms with Gasteiger partial charge in [0.1, 0.15) is 17.5 Å². The first kappa shape index (κ1) is 21.9. The van der Waals surface area contributed by atoms with E-state index >= 15 is 0 Å². The summed E-state index contributed by atoms with van der Waals surface area (Å²) in [6.45, 7) is 3.55. The zero-order chi connectivity index (χ0) is 22.7. The average molecular weight is 441 g/mol. The molecule has 31 heavy (non-hydrogen) atoms. The number of pyridine rings is 1. The lowest BCUT2D eigenvalue weighted by atomic mass is 10.1. The van der Waals surface area contributed by atoms with Gasteiger partial charge in [0.15, 0.2) is 5.69 Å². The van der Waals surface area contributed by atoms with Crippen LogP contribution in [0.4, 0.5) is 15.9 Å². The third-order valence-electron chi connectivity index (χ3n) is 4.41. The average Bonchev–Trinajstić information content (AvgIpc) is 3.07. The highest BCUT2D eigenvalue weighted by molar-refractivity contribution is 6.30. The van der Waals surface area contributed by atoms with Crippen LogP contribution in [0.5, 0.6) is 0 Å². The van der Waals surface area contributed by atoms with Crippen molar-refractivity contribution in [1.29, 1.82) is 5.26 Å². The van der Waals surface area contributed by atoms with Crippen LogP contribution >= 0.6 is 11.6 Å². The minimum Gasteiger partial charge on any atom is -0.383 e. The topological polar surface area (TPSA) is 127 Å². The van der Waals surface area contributed by atoms with Crippen molar-refractivity contribution in [2.75, 3.05) is 11.1 Å². The summed E-state index contributed by atoms with van der Waals surface area (Å²) in [5.41, 5.74) is 5.89. The third kappa shape index (κ3) is 4.70. The zero-order valence-corrected chi connectivity index (χ0v) is 17.4. The van der Waals surface area contributed by atoms with Gasteiger partial charge in [-0.3, -0.25) is 9.59 Å². The summed E-state index contributed by atoms with van der Waals surface area (Å²) in [4.78, 5) is 28.8. The van der Waals surface area contributed by atoms with Gasteiger partial charge in [-0.15, -0.1) is 0 Å². The Bertz CT molecular complexity index is 1200. The molecular weight excluding hydrogens is 423 g/mol. The van der Waals surface area contributed by atoms with Crippen LogP contribution in [0.25, 0.3) is 0 Å². The summed E-state index contributed by atoms with van der Waals surface area (Å²) >= 11 is 5.83. The lowest BCUT2D eigenvalue weighted by molar-refractivity contribution is -0.115. The number of anilines is 2. The summed E-state index contributed by atoms with van der Waals surface area (Å²) in [6.07, 6.45) is 1.14. The lowest BCUT2D eigenvalue weighted by Crippen LogP contribution is -2.16. The normalized spacial score (nSPS) is 10.7. The molecule has 3 rings (SSSR count). The number of carbonyl (C=O) groups excluding carboxylic acids is 2. The van der Waals surface area contributed by atoms with E-state index in [1.807, 2.05) is 6.07 Å². The van der Waals surface area contributed by atoms with E-state index in [2.05, 4.69) is 15.4 Å². The van der Waals surface area contributed by atoms with E-state index in [9.17, 15) is 19.2 Å². The highest BCUT2D eigenvalue weighted by atomic mass is 35.5. The van der Waals surface area contributed by atoms with E-state index in [0.717, 1.165) is 17.8 Å². The van der Waals surface area contributed by atoms with Gasteiger partial charge in [-0.05, 0) is 37.6 Å². The second kappa shape index (κ2) is 8.93. The van der Waals surface area contributed by atoms with Gasteiger partial charge in [0.05, 0.1) is 23.9 Å². The maximum Gasteiger partial charge on any atom is 0.228 e. The molecule has 1 amide bonds. The van der Waals surface area contributed by atoms with E-state index in [0.29, 0.717) is 5.02 Å². The summed E-state index contributed by atoms with van der Waals surface area (Å²) in [5, 5.41) is 16.6. The minimum atomic E-state index is -1.05. The molecular formula is C21H18ClFN6O2. The Morgan fingerprint density at radius 1 is 1.32 bits per heavy atom. The van der Waals surface area contributed by atoms with Gasteiger partial charge in [-0.2, -0.15) is 14.8 Å². The molecule has 2 heterocycles. The Hall–Kier alpha value is -3.77. The molecule has 8 nitrogen and oxygen atoms in total. The molecule has 10 heteroatoms. The molecule has 0 aliphatic carbocycles. The van der Waals surface area contributed by atoms with Gasteiger partial charge in [-0.25, -0.2) is 9.67 Å². The molecule has 3 aromatic rings. The van der Waals surface area contributed by atoms with Crippen molar-refractivity contribution in [2.45, 2.75) is 26.3 Å². The van der Waals surface area contributed by atoms with Crippen LogP contribution < -0.4 is 11.1 Å². The number of aromatic nitrogens is 3. The van der Waals surface area contributed by atoms with Crippen LogP contribution in [-0.4, -0.2) is 26.5 Å². The van der Waals surface area contributed by atoms with Crippen LogP contribution in [0.15, 0.2) is 36.5 Å². The largest absolute Gasteiger partial charge is 0.383 e. The molecule has 158 valence electrons. The summed E-state index contributed by atoms with van der Waals surface area (Å²) in [7, 11) is 0. The molecule has 2 aromatic heterocycles. The fourth-order valence-corrected chi connectivity index (χ4v) is 3.03. The number of hydrogen-bond acceptors (Lipinski definition) is 6. The van der Waals surface area contributed by atoms with Crippen LogP contribution in [0.2, 0.25) is 5.02 Å². The van der Waals surface area contributed by atoms with Crippen molar-refractivity contribution in [3.8, 4) is 6.07 Å². The summed E-state index contributed by atoms with van der Waals surface area (Å²) in [5.74, 6) is -2.29. The Labute approximate surface area is 182 Å². The molecule has 0 aliphatic heterocycles. The van der Waals surface area contributed by atoms with Crippen LogP contribution in [0, 0.1) is 17.3 Å². The van der Waals surface area contributed by atoms with Crippen LogP contribution in [-0.2, 0) is 11.2 Å². The van der Waals surface area contributed by atoms with Gasteiger partial charge in [-0.1, -0.05) is 23.7 Å². The Morgan fingerprint density at radius 2 is 2.00 bits per heavy atom. The number of nitrogens with one attached hydrogen (secondary N) is 1. The van der Waals surface area contributed by atoms with Gasteiger partial charge >= 0.3 is 0 Å². The molecule has 0 fully saturated rings. The van der Waals surface area contributed by atoms with Crippen molar-refractivity contribution in [2.24, 2.45) is 0 Å². The smallest absolute Gasteiger partial charge is 0.228 e. The van der Waals surface area contributed by atoms with Crippen molar-refractivity contribution in [3.63, 3.8) is 0 Å². The van der Waals surface area contributed by atoms with E-state index < -0.39 is 17.3 Å². The Balaban J connectivity index is 1.87. The molecule has 0 bridgehead atoms. The van der Waals surface area contributed by atoms with Gasteiger partial charge < -0.3 is 11.1 Å². The molecule has 0 saturated carbocycles. The van der Waals surface area contributed by atoms with E-state index in [-0.39, 0.29) is 41.1 Å². The Morgan fingerprint density at radius 3 is 2.61 bits per heavy atom. The molecule has 0 unspecified atom stereocenters. The maximum absolute atomic E-state index is 14.3. The number of nitrogens with two attached hydrogens (primary N) is 1. The van der Waals surface area contributed by atoms with Crippen molar-refractivity contribution < 1.29 is 14.0 Å². The molecule has 0 spiro atoms. The van der Waals surface area contributed by atoms with Crippen molar-refractivity contribution >= 4 is 34.8 Å². The summed E-state index contributed by atoms with van der Waals surface area (Å²) in [6, 6.07) is 9.51. The van der Waals surface area contributed by atoms with Crippen molar-refractivity contribution in [3.05, 3.63) is 69.9 Å². The third-order valence-corrected chi connectivity index (χ3v) is 4.66. The molecule has 0 aliphatic rings. The quantitative estimate of drug-likeness (QED) is 0.446. The molecule has 3 N–H and O–H groups in total. The van der Waals surface area contributed by atoms with E-state index in [1.54, 1.807) is 38.1 Å². The highest BCUT2D eigenvalue weighted by Crippen LogP contribution is 2.24. The molecule has 0 radical (unpaired) electrons. The predicted molar refractivity (Wildman–Crippen MR) is 113 cm³/mol. The maximum atomic E-state index is 14.3. The first-order valence-corrected chi connectivity index (χ1v) is 9.61. The number of ketones is 1. The SMILES string of the molecule is CC(C)n1nc(C(=O)c2cc(NC(=O)Cc3ccc(Cl)cc3)cnc2F)c(C#N)c1N. The summed E-state index contributed by atoms with van der Waals surface area (Å²) < 4.78 is 15.6. The first-order chi connectivity index (χ1) is 14.7. The number of carbonyl (C=O) groups is 2. The second-order valence-electron chi connectivity index (χ2n) is 7.00. The number of hydrogen-bond donors (Lipinski definition) is 2. The first-order valence-electron chi connectivity index (χ1n) is 9.23. The van der Waals surface area contributed by atoms with Crippen LogP contribution in [0.3, 0.4) is 0 Å². The number of rotatable bonds is 6. The fraction of sp³-hybridized carbons (Fsp3) is 0.190. The number of halogens is 2. The van der Waals surface area contributed by atoms with E-state index in [1.165, 1.54) is 4.68 Å². The second-order valence-corrected chi connectivity index (χ2v) is 7.44. The number of benzene rings is 1. The Kier molecular flexibility index (Phi) is 6.32. The molecule has 0 saturated heterocycles. The highest BCUT2D eigenvalue weighted by Gasteiger charge is 2.26. The monoisotopic (exact) mass is 440 g/mol. The predicted octanol–water partition coefficient (Wildman–Crippen LogP) is 3.52. The lowest BCUT2D eigenvalue weighted by Gasteiger charge is -2.08. The molecule has 1 aromatic carbocycles.